The fourth-order valence-electron chi connectivity index (χ4n) is 2.62. The number of hydrogen-bond acceptors (Lipinski definition) is 4. The maximum atomic E-state index is 12.1. The van der Waals surface area contributed by atoms with E-state index in [9.17, 15) is 15.2 Å². The van der Waals surface area contributed by atoms with Crippen LogP contribution in [-0.2, 0) is 4.79 Å². The Balaban J connectivity index is 3.36. The minimum Gasteiger partial charge on any atom is -0.411 e. The molecule has 0 aliphatic carbocycles. The lowest BCUT2D eigenvalue weighted by Gasteiger charge is -2.26. The van der Waals surface area contributed by atoms with Gasteiger partial charge in [0.05, 0.1) is 5.41 Å². The summed E-state index contributed by atoms with van der Waals surface area (Å²) < 4.78 is 0. The number of carbonyl (C=O) groups is 1. The van der Waals surface area contributed by atoms with Gasteiger partial charge in [0.25, 0.3) is 5.91 Å². The average molecular weight is 240 g/mol. The van der Waals surface area contributed by atoms with Gasteiger partial charge in [-0.25, -0.2) is 5.06 Å². The first kappa shape index (κ1) is 13.7. The molecule has 1 amide bonds. The van der Waals surface area contributed by atoms with Crippen LogP contribution in [0.25, 0.3) is 0 Å². The molecule has 1 aliphatic heterocycles. The lowest BCUT2D eigenvalue weighted by Crippen LogP contribution is -2.43. The van der Waals surface area contributed by atoms with Crippen molar-refractivity contribution in [3.63, 3.8) is 0 Å². The maximum absolute atomic E-state index is 12.1. The molecule has 1 aliphatic rings. The van der Waals surface area contributed by atoms with Crippen molar-refractivity contribution in [1.29, 1.82) is 0 Å². The molecule has 1 saturated heterocycles. The molecule has 0 spiro atoms. The minimum absolute atomic E-state index is 0.289. The maximum Gasteiger partial charge on any atom is 0.258 e. The van der Waals surface area contributed by atoms with Crippen molar-refractivity contribution in [2.45, 2.75) is 46.1 Å². The van der Waals surface area contributed by atoms with Crippen molar-refractivity contribution in [3.8, 4) is 0 Å². The first-order valence-electron chi connectivity index (χ1n) is 5.78. The van der Waals surface area contributed by atoms with Crippen LogP contribution in [0.1, 0.15) is 40.5 Å². The molecule has 5 nitrogen and oxygen atoms in total. The van der Waals surface area contributed by atoms with Crippen molar-refractivity contribution < 1.29 is 15.2 Å². The zero-order valence-corrected chi connectivity index (χ0v) is 10.8. The molecule has 1 fully saturated rings. The van der Waals surface area contributed by atoms with Crippen LogP contribution in [0.3, 0.4) is 0 Å². The molecular weight excluding hydrogens is 220 g/mol. The summed E-state index contributed by atoms with van der Waals surface area (Å²) in [5.74, 6) is -0.423. The third kappa shape index (κ3) is 1.74. The van der Waals surface area contributed by atoms with E-state index < -0.39 is 16.9 Å². The molecule has 0 radical (unpaired) electrons. The summed E-state index contributed by atoms with van der Waals surface area (Å²) in [6.45, 7) is 7.08. The van der Waals surface area contributed by atoms with Crippen LogP contribution in [0.15, 0.2) is 17.3 Å². The molecule has 0 aromatic rings. The Morgan fingerprint density at radius 3 is 2.47 bits per heavy atom. The Kier molecular flexibility index (Phi) is 3.62. The molecule has 17 heavy (non-hydrogen) atoms. The highest BCUT2D eigenvalue weighted by atomic mass is 16.5. The van der Waals surface area contributed by atoms with E-state index in [0.717, 1.165) is 6.42 Å². The Morgan fingerprint density at radius 2 is 2.06 bits per heavy atom. The quantitative estimate of drug-likeness (QED) is 0.344. The van der Waals surface area contributed by atoms with Crippen molar-refractivity contribution in [1.82, 2.24) is 5.06 Å². The van der Waals surface area contributed by atoms with E-state index in [4.69, 9.17) is 0 Å². The van der Waals surface area contributed by atoms with Crippen LogP contribution in [0, 0.1) is 5.41 Å². The van der Waals surface area contributed by atoms with Crippen LogP contribution in [0.4, 0.5) is 0 Å². The summed E-state index contributed by atoms with van der Waals surface area (Å²) >= 11 is 0. The van der Waals surface area contributed by atoms with Gasteiger partial charge in [0.2, 0.25) is 0 Å². The van der Waals surface area contributed by atoms with Crippen molar-refractivity contribution in [2.24, 2.45) is 10.6 Å². The van der Waals surface area contributed by atoms with Gasteiger partial charge in [-0.1, -0.05) is 30.7 Å². The van der Waals surface area contributed by atoms with E-state index in [0.29, 0.717) is 11.5 Å². The van der Waals surface area contributed by atoms with E-state index in [1.54, 1.807) is 32.9 Å². The standard InChI is InChI=1S/C12H20N2O3/c1-5-7-11(3)9(13-16)12(4,8-6-2)14(17)10(11)15/h6,8,16-17H,5,7H2,1-4H3/b8-6+,13-9-. The van der Waals surface area contributed by atoms with E-state index >= 15 is 0 Å². The Labute approximate surface area is 101 Å². The first-order chi connectivity index (χ1) is 7.88. The molecule has 2 N–H and O–H groups in total. The molecule has 96 valence electrons. The fourth-order valence-corrected chi connectivity index (χ4v) is 2.62. The molecule has 0 bridgehead atoms. The largest absolute Gasteiger partial charge is 0.411 e. The average Bonchev–Trinajstić information content (AvgIpc) is 2.40. The van der Waals surface area contributed by atoms with Gasteiger partial charge >= 0.3 is 0 Å². The van der Waals surface area contributed by atoms with E-state index in [-0.39, 0.29) is 5.71 Å². The highest BCUT2D eigenvalue weighted by Crippen LogP contribution is 2.42. The fraction of sp³-hybridized carbons (Fsp3) is 0.667. The summed E-state index contributed by atoms with van der Waals surface area (Å²) in [7, 11) is 0. The number of hydrogen-bond donors (Lipinski definition) is 2. The molecule has 0 aromatic carbocycles. The van der Waals surface area contributed by atoms with Crippen LogP contribution in [0.2, 0.25) is 0 Å². The number of oxime groups is 1. The summed E-state index contributed by atoms with van der Waals surface area (Å²) in [6, 6.07) is 0. The third-order valence-corrected chi connectivity index (χ3v) is 3.45. The topological polar surface area (TPSA) is 73.1 Å². The molecule has 1 rings (SSSR count). The second-order valence-corrected chi connectivity index (χ2v) is 4.80. The van der Waals surface area contributed by atoms with Gasteiger partial charge in [0, 0.05) is 0 Å². The first-order valence-corrected chi connectivity index (χ1v) is 5.78. The Bertz CT molecular complexity index is 378. The van der Waals surface area contributed by atoms with Gasteiger partial charge in [-0.05, 0) is 27.2 Å². The highest BCUT2D eigenvalue weighted by molar-refractivity contribution is 6.19. The SMILES string of the molecule is C/C=C/C1(C)/C(=N\O)C(C)(CCC)C(=O)N1O. The van der Waals surface area contributed by atoms with Crippen molar-refractivity contribution in [2.75, 3.05) is 0 Å². The Hall–Kier alpha value is -1.36. The van der Waals surface area contributed by atoms with Gasteiger partial charge in [-0.3, -0.25) is 10.0 Å². The van der Waals surface area contributed by atoms with Gasteiger partial charge in [-0.2, -0.15) is 0 Å². The summed E-state index contributed by atoms with van der Waals surface area (Å²) in [6.07, 6.45) is 4.68. The molecule has 1 heterocycles. The number of nitrogens with zero attached hydrogens (tertiary/aromatic N) is 2. The number of allylic oxidation sites excluding steroid dienone is 1. The van der Waals surface area contributed by atoms with Crippen LogP contribution in [0.5, 0.6) is 0 Å². The Morgan fingerprint density at radius 1 is 1.47 bits per heavy atom. The van der Waals surface area contributed by atoms with E-state index in [2.05, 4.69) is 5.16 Å². The second kappa shape index (κ2) is 4.49. The van der Waals surface area contributed by atoms with Crippen LogP contribution in [-0.4, -0.2) is 32.6 Å². The van der Waals surface area contributed by atoms with Crippen molar-refractivity contribution in [3.05, 3.63) is 12.2 Å². The van der Waals surface area contributed by atoms with Gasteiger partial charge in [0.1, 0.15) is 11.3 Å². The van der Waals surface area contributed by atoms with Gasteiger partial charge in [0.15, 0.2) is 0 Å². The molecule has 2 unspecified atom stereocenters. The number of carbonyl (C=O) groups excluding carboxylic acids is 1. The summed E-state index contributed by atoms with van der Waals surface area (Å²) in [5, 5.41) is 23.1. The molecule has 2 atom stereocenters. The number of amides is 1. The lowest BCUT2D eigenvalue weighted by atomic mass is 9.77. The molecule has 0 saturated carbocycles. The number of rotatable bonds is 3. The zero-order valence-electron chi connectivity index (χ0n) is 10.8. The normalized spacial score (nSPS) is 36.4. The zero-order chi connectivity index (χ0) is 13.3. The van der Waals surface area contributed by atoms with Gasteiger partial charge < -0.3 is 5.21 Å². The van der Waals surface area contributed by atoms with Crippen molar-refractivity contribution >= 4 is 11.6 Å². The molecule has 5 heteroatoms. The van der Waals surface area contributed by atoms with E-state index in [1.807, 2.05) is 6.92 Å². The summed E-state index contributed by atoms with van der Waals surface area (Å²) in [5.41, 5.74) is -1.71. The lowest BCUT2D eigenvalue weighted by molar-refractivity contribution is -0.175. The monoisotopic (exact) mass is 240 g/mol. The predicted octanol–water partition coefficient (Wildman–Crippen LogP) is 2.19. The minimum atomic E-state index is -1.06. The van der Waals surface area contributed by atoms with E-state index in [1.165, 1.54) is 0 Å². The van der Waals surface area contributed by atoms with Gasteiger partial charge in [-0.15, -0.1) is 0 Å². The molecular formula is C12H20N2O3. The highest BCUT2D eigenvalue weighted by Gasteiger charge is 2.59. The number of hydroxylamine groups is 2. The predicted molar refractivity (Wildman–Crippen MR) is 64.1 cm³/mol. The second-order valence-electron chi connectivity index (χ2n) is 4.80. The van der Waals surface area contributed by atoms with Crippen LogP contribution >= 0.6 is 0 Å². The smallest absolute Gasteiger partial charge is 0.258 e. The van der Waals surface area contributed by atoms with Crippen LogP contribution < -0.4 is 0 Å². The molecule has 0 aromatic heterocycles. The summed E-state index contributed by atoms with van der Waals surface area (Å²) in [4.78, 5) is 12.1. The third-order valence-electron chi connectivity index (χ3n) is 3.45.